The number of fused-ring (bicyclic) bond motifs is 1. The minimum absolute atomic E-state index is 0.711. The molecule has 12 heavy (non-hydrogen) atoms. The molecular weight excluding hydrogens is 163 g/mol. The third kappa shape index (κ3) is 1.11. The molecule has 0 N–H and O–H groups in total. The lowest BCUT2D eigenvalue weighted by atomic mass is 10.0. The van der Waals surface area contributed by atoms with Gasteiger partial charge in [-0.3, -0.25) is 0 Å². The quantitative estimate of drug-likeness (QED) is 0.564. The lowest BCUT2D eigenvalue weighted by molar-refractivity contribution is 0.685. The summed E-state index contributed by atoms with van der Waals surface area (Å²) in [5.74, 6) is 4.09. The van der Waals surface area contributed by atoms with Crippen molar-refractivity contribution in [1.29, 1.82) is 0 Å². The molecule has 0 nitrogen and oxygen atoms in total. The van der Waals surface area contributed by atoms with Crippen LogP contribution >= 0.6 is 8.20 Å². The van der Waals surface area contributed by atoms with Gasteiger partial charge in [-0.25, -0.2) is 0 Å². The second-order valence-electron chi connectivity index (χ2n) is 3.27. The maximum Gasteiger partial charge on any atom is 0.0224 e. The Labute approximate surface area is 75.5 Å². The number of rotatable bonds is 2. The van der Waals surface area contributed by atoms with Crippen molar-refractivity contribution in [1.82, 2.24) is 0 Å². The fourth-order valence-electron chi connectivity index (χ4n) is 1.49. The van der Waals surface area contributed by atoms with E-state index in [1.165, 1.54) is 25.8 Å². The van der Waals surface area contributed by atoms with Crippen LogP contribution in [-0.2, 0) is 0 Å². The van der Waals surface area contributed by atoms with Crippen LogP contribution in [0.25, 0.3) is 0 Å². The van der Waals surface area contributed by atoms with Gasteiger partial charge in [0.1, 0.15) is 0 Å². The maximum atomic E-state index is 3.38. The number of hydrogen-bond acceptors (Lipinski definition) is 0. The normalized spacial score (nSPS) is 23.0. The summed E-state index contributed by atoms with van der Waals surface area (Å²) in [7, 11) is 1.30. The average Bonchev–Trinajstić information content (AvgIpc) is 2.62. The zero-order valence-corrected chi connectivity index (χ0v) is 8.36. The monoisotopic (exact) mass is 175 g/mol. The van der Waals surface area contributed by atoms with E-state index in [1.807, 2.05) is 0 Å². The second-order valence-corrected chi connectivity index (χ2v) is 4.20. The summed E-state index contributed by atoms with van der Waals surface area (Å²) >= 11 is 0. The first-order valence-corrected chi connectivity index (χ1v) is 5.32. The van der Waals surface area contributed by atoms with Crippen molar-refractivity contribution in [3.05, 3.63) is 34.7 Å². The molecular formula is C11H12P. The Morgan fingerprint density at radius 1 is 1.58 bits per heavy atom. The van der Waals surface area contributed by atoms with Gasteiger partial charge in [0.05, 0.1) is 0 Å². The molecule has 2 rings (SSSR count). The third-order valence-electron chi connectivity index (χ3n) is 2.47. The fraction of sp³-hybridized carbons (Fsp3) is 0.364. The van der Waals surface area contributed by atoms with Gasteiger partial charge in [0.2, 0.25) is 0 Å². The highest BCUT2D eigenvalue weighted by atomic mass is 31.1. The molecule has 1 unspecified atom stereocenters. The Morgan fingerprint density at radius 3 is 3.17 bits per heavy atom. The van der Waals surface area contributed by atoms with Crippen LogP contribution in [0.5, 0.6) is 0 Å². The SMILES string of the molecule is CCC(C)C1=C2C=CC=C2[C]=P1. The summed E-state index contributed by atoms with van der Waals surface area (Å²) in [5.41, 5.74) is 2.75. The molecule has 61 valence electrons. The Hall–Kier alpha value is -0.610. The summed E-state index contributed by atoms with van der Waals surface area (Å²) in [6.45, 7) is 4.54. The zero-order chi connectivity index (χ0) is 8.55. The van der Waals surface area contributed by atoms with E-state index in [1.54, 1.807) is 5.31 Å². The van der Waals surface area contributed by atoms with Crippen molar-refractivity contribution < 1.29 is 0 Å². The first kappa shape index (κ1) is 8.01. The van der Waals surface area contributed by atoms with E-state index in [4.69, 9.17) is 0 Å². The predicted octanol–water partition coefficient (Wildman–Crippen LogP) is 3.42. The molecule has 1 heterocycles. The Balaban J connectivity index is 2.37. The lowest BCUT2D eigenvalue weighted by Gasteiger charge is -2.08. The van der Waals surface area contributed by atoms with Crippen LogP contribution < -0.4 is 0 Å². The van der Waals surface area contributed by atoms with Crippen molar-refractivity contribution in [3.8, 4) is 0 Å². The zero-order valence-electron chi connectivity index (χ0n) is 7.46. The van der Waals surface area contributed by atoms with Crippen LogP contribution in [0.4, 0.5) is 0 Å². The van der Waals surface area contributed by atoms with Gasteiger partial charge in [0.15, 0.2) is 0 Å². The first-order valence-electron chi connectivity index (χ1n) is 4.42. The van der Waals surface area contributed by atoms with E-state index in [0.29, 0.717) is 5.92 Å². The molecule has 0 saturated carbocycles. The summed E-state index contributed by atoms with van der Waals surface area (Å²) in [6, 6.07) is 0. The highest BCUT2D eigenvalue weighted by molar-refractivity contribution is 7.44. The van der Waals surface area contributed by atoms with Gasteiger partial charge >= 0.3 is 0 Å². The molecule has 0 aromatic carbocycles. The number of allylic oxidation sites excluding steroid dienone is 6. The molecule has 1 radical (unpaired) electrons. The van der Waals surface area contributed by atoms with E-state index in [-0.39, 0.29) is 0 Å². The molecule has 0 aromatic rings. The summed E-state index contributed by atoms with van der Waals surface area (Å²) in [5, 5.41) is 1.55. The molecule has 0 spiro atoms. The molecule has 1 atom stereocenters. The van der Waals surface area contributed by atoms with E-state index in [9.17, 15) is 0 Å². The van der Waals surface area contributed by atoms with Gasteiger partial charge in [0, 0.05) is 5.80 Å². The molecule has 1 aliphatic heterocycles. The minimum atomic E-state index is 0.711. The van der Waals surface area contributed by atoms with Gasteiger partial charge in [-0.1, -0.05) is 40.3 Å². The summed E-state index contributed by atoms with van der Waals surface area (Å²) in [6.07, 6.45) is 7.71. The van der Waals surface area contributed by atoms with Crippen molar-refractivity contribution in [3.63, 3.8) is 0 Å². The summed E-state index contributed by atoms with van der Waals surface area (Å²) < 4.78 is 0. The fourth-order valence-corrected chi connectivity index (χ4v) is 2.64. The molecule has 0 aromatic heterocycles. The van der Waals surface area contributed by atoms with E-state index in [0.717, 1.165) is 0 Å². The minimum Gasteiger partial charge on any atom is -0.0648 e. The highest BCUT2D eigenvalue weighted by Gasteiger charge is 2.18. The van der Waals surface area contributed by atoms with Crippen molar-refractivity contribution in [2.24, 2.45) is 5.92 Å². The van der Waals surface area contributed by atoms with Gasteiger partial charge in [-0.2, -0.15) is 0 Å². The van der Waals surface area contributed by atoms with E-state index < -0.39 is 0 Å². The Kier molecular flexibility index (Phi) is 2.02. The Morgan fingerprint density at radius 2 is 2.42 bits per heavy atom. The lowest BCUT2D eigenvalue weighted by Crippen LogP contribution is -1.93. The van der Waals surface area contributed by atoms with Gasteiger partial charge in [0.25, 0.3) is 0 Å². The third-order valence-corrected chi connectivity index (χ3v) is 3.74. The topological polar surface area (TPSA) is 0 Å². The molecule has 0 bridgehead atoms. The molecule has 0 saturated heterocycles. The van der Waals surface area contributed by atoms with Gasteiger partial charge in [-0.05, 0) is 28.8 Å². The van der Waals surface area contributed by atoms with Gasteiger partial charge in [-0.15, -0.1) is 0 Å². The van der Waals surface area contributed by atoms with Crippen LogP contribution in [-0.4, -0.2) is 5.80 Å². The van der Waals surface area contributed by atoms with Crippen LogP contribution in [0, 0.1) is 5.92 Å². The van der Waals surface area contributed by atoms with Crippen LogP contribution in [0.3, 0.4) is 0 Å². The largest absolute Gasteiger partial charge is 0.0648 e. The smallest absolute Gasteiger partial charge is 0.0224 e. The highest BCUT2D eigenvalue weighted by Crippen LogP contribution is 2.39. The van der Waals surface area contributed by atoms with Crippen molar-refractivity contribution >= 4 is 14.0 Å². The Bertz CT molecular complexity index is 316. The van der Waals surface area contributed by atoms with E-state index in [2.05, 4.69) is 37.9 Å². The average molecular weight is 175 g/mol. The maximum absolute atomic E-state index is 3.38. The predicted molar refractivity (Wildman–Crippen MR) is 55.6 cm³/mol. The second kappa shape index (κ2) is 3.03. The van der Waals surface area contributed by atoms with Gasteiger partial charge < -0.3 is 0 Å². The first-order chi connectivity index (χ1) is 5.83. The van der Waals surface area contributed by atoms with Crippen LogP contribution in [0.15, 0.2) is 34.7 Å². The van der Waals surface area contributed by atoms with Crippen LogP contribution in [0.2, 0.25) is 0 Å². The van der Waals surface area contributed by atoms with Crippen molar-refractivity contribution in [2.75, 3.05) is 0 Å². The summed E-state index contributed by atoms with van der Waals surface area (Å²) in [4.78, 5) is 0. The van der Waals surface area contributed by atoms with Crippen LogP contribution in [0.1, 0.15) is 20.3 Å². The molecule has 1 aliphatic carbocycles. The van der Waals surface area contributed by atoms with E-state index >= 15 is 0 Å². The molecule has 1 heteroatoms. The molecule has 0 fully saturated rings. The molecule has 2 aliphatic rings. The standard InChI is InChI=1S/C11H12P/c1-3-8(2)11-10-6-4-5-9(10)7-12-11/h4-6,8H,3H2,1-2H3. The van der Waals surface area contributed by atoms with Crippen molar-refractivity contribution in [2.45, 2.75) is 20.3 Å². The molecule has 0 amide bonds. The number of hydrogen-bond donors (Lipinski definition) is 0.